The predicted molar refractivity (Wildman–Crippen MR) is 70.8 cm³/mol. The minimum Gasteiger partial charge on any atom is -0.316 e. The average molecular weight is 291 g/mol. The quantitative estimate of drug-likeness (QED) is 0.834. The molecule has 1 saturated heterocycles. The molecule has 1 aromatic rings. The zero-order valence-corrected chi connectivity index (χ0v) is 11.3. The topological polar surface area (TPSA) is 12.0 Å². The van der Waals surface area contributed by atoms with Crippen LogP contribution in [0.25, 0.3) is 0 Å². The molecule has 1 nitrogen and oxygen atoms in total. The molecule has 1 fully saturated rings. The minimum atomic E-state index is 0. The molecule has 0 bridgehead atoms. The Balaban J connectivity index is 0.00000112. The van der Waals surface area contributed by atoms with Gasteiger partial charge in [-0.3, -0.25) is 0 Å². The Morgan fingerprint density at radius 3 is 2.47 bits per heavy atom. The van der Waals surface area contributed by atoms with E-state index in [2.05, 4.69) is 52.4 Å². The van der Waals surface area contributed by atoms with Crippen LogP contribution >= 0.6 is 28.3 Å². The summed E-state index contributed by atoms with van der Waals surface area (Å²) in [5.74, 6) is 0. The molecule has 84 valence electrons. The van der Waals surface area contributed by atoms with Crippen LogP contribution in [0.2, 0.25) is 0 Å². The van der Waals surface area contributed by atoms with Crippen molar-refractivity contribution in [2.75, 3.05) is 13.1 Å². The Bertz CT molecular complexity index is 304. The molecule has 1 aliphatic heterocycles. The predicted octanol–water partition coefficient (Wildman–Crippen LogP) is 3.51. The van der Waals surface area contributed by atoms with E-state index in [-0.39, 0.29) is 12.4 Å². The third-order valence-corrected chi connectivity index (χ3v) is 3.67. The number of hydrogen-bond acceptors (Lipinski definition) is 1. The first kappa shape index (κ1) is 13.0. The van der Waals surface area contributed by atoms with E-state index < -0.39 is 0 Å². The number of rotatable bonds is 1. The van der Waals surface area contributed by atoms with E-state index in [1.807, 2.05) is 0 Å². The van der Waals surface area contributed by atoms with Crippen LogP contribution in [0, 0.1) is 0 Å². The van der Waals surface area contributed by atoms with E-state index in [4.69, 9.17) is 0 Å². The number of piperidine rings is 1. The van der Waals surface area contributed by atoms with Crippen LogP contribution in [0.3, 0.4) is 0 Å². The standard InChI is InChI=1S/C12H16BrN.ClH/c1-12(7-2-8-14-9-12)10-3-5-11(13)6-4-10;/h3-6,14H,2,7-9H2,1H3;1H. The van der Waals surface area contributed by atoms with Gasteiger partial charge in [0.25, 0.3) is 0 Å². The van der Waals surface area contributed by atoms with Gasteiger partial charge in [0.15, 0.2) is 0 Å². The fourth-order valence-corrected chi connectivity index (χ4v) is 2.42. The molecule has 1 heterocycles. The monoisotopic (exact) mass is 289 g/mol. The van der Waals surface area contributed by atoms with Gasteiger partial charge in [-0.2, -0.15) is 0 Å². The summed E-state index contributed by atoms with van der Waals surface area (Å²) in [6, 6.07) is 8.73. The van der Waals surface area contributed by atoms with Crippen LogP contribution in [0.4, 0.5) is 0 Å². The van der Waals surface area contributed by atoms with Crippen LogP contribution in [0.1, 0.15) is 25.3 Å². The molecule has 0 aromatic heterocycles. The second kappa shape index (κ2) is 5.33. The maximum absolute atomic E-state index is 3.48. The molecule has 0 spiro atoms. The van der Waals surface area contributed by atoms with Gasteiger partial charge >= 0.3 is 0 Å². The molecular weight excluding hydrogens is 273 g/mol. The second-order valence-electron chi connectivity index (χ2n) is 4.35. The van der Waals surface area contributed by atoms with E-state index in [1.165, 1.54) is 24.9 Å². The van der Waals surface area contributed by atoms with Crippen LogP contribution in [-0.4, -0.2) is 13.1 Å². The van der Waals surface area contributed by atoms with Crippen molar-refractivity contribution < 1.29 is 0 Å². The lowest BCUT2D eigenvalue weighted by Gasteiger charge is -2.34. The number of nitrogens with one attached hydrogen (secondary N) is 1. The summed E-state index contributed by atoms with van der Waals surface area (Å²) in [5.41, 5.74) is 1.78. The first-order valence-electron chi connectivity index (χ1n) is 5.17. The van der Waals surface area contributed by atoms with Crippen LogP contribution in [0.5, 0.6) is 0 Å². The molecular formula is C12H17BrClN. The fraction of sp³-hybridized carbons (Fsp3) is 0.500. The van der Waals surface area contributed by atoms with Gasteiger partial charge in [-0.25, -0.2) is 0 Å². The zero-order valence-electron chi connectivity index (χ0n) is 8.92. The van der Waals surface area contributed by atoms with Gasteiger partial charge < -0.3 is 5.32 Å². The Hall–Kier alpha value is -0.0500. The molecule has 1 aromatic carbocycles. The van der Waals surface area contributed by atoms with Crippen molar-refractivity contribution >= 4 is 28.3 Å². The molecule has 0 aliphatic carbocycles. The van der Waals surface area contributed by atoms with Crippen molar-refractivity contribution in [1.29, 1.82) is 0 Å². The largest absolute Gasteiger partial charge is 0.316 e. The average Bonchev–Trinajstić information content (AvgIpc) is 2.19. The van der Waals surface area contributed by atoms with Gasteiger partial charge in [0.1, 0.15) is 0 Å². The fourth-order valence-electron chi connectivity index (χ4n) is 2.15. The van der Waals surface area contributed by atoms with Crippen molar-refractivity contribution in [2.24, 2.45) is 0 Å². The summed E-state index contributed by atoms with van der Waals surface area (Å²) in [6.07, 6.45) is 2.58. The van der Waals surface area contributed by atoms with E-state index >= 15 is 0 Å². The molecule has 1 unspecified atom stereocenters. The zero-order chi connectivity index (χ0) is 10.0. The molecule has 0 saturated carbocycles. The molecule has 2 rings (SSSR count). The van der Waals surface area contributed by atoms with E-state index in [0.29, 0.717) is 5.41 Å². The Morgan fingerprint density at radius 1 is 1.27 bits per heavy atom. The summed E-state index contributed by atoms with van der Waals surface area (Å²) in [6.45, 7) is 4.63. The molecule has 3 heteroatoms. The Morgan fingerprint density at radius 2 is 1.93 bits per heavy atom. The van der Waals surface area contributed by atoms with Crippen molar-refractivity contribution in [3.05, 3.63) is 34.3 Å². The van der Waals surface area contributed by atoms with Gasteiger partial charge in [0.2, 0.25) is 0 Å². The molecule has 0 amide bonds. The van der Waals surface area contributed by atoms with E-state index in [1.54, 1.807) is 0 Å². The summed E-state index contributed by atoms with van der Waals surface area (Å²) in [5, 5.41) is 3.48. The van der Waals surface area contributed by atoms with Crippen LogP contribution < -0.4 is 5.32 Å². The number of hydrogen-bond donors (Lipinski definition) is 1. The summed E-state index contributed by atoms with van der Waals surface area (Å²) in [4.78, 5) is 0. The second-order valence-corrected chi connectivity index (χ2v) is 5.26. The van der Waals surface area contributed by atoms with Gasteiger partial charge in [-0.1, -0.05) is 35.0 Å². The first-order valence-corrected chi connectivity index (χ1v) is 5.97. The maximum Gasteiger partial charge on any atom is 0.0175 e. The number of benzene rings is 1. The third kappa shape index (κ3) is 2.96. The number of halogens is 2. The lowest BCUT2D eigenvalue weighted by atomic mass is 9.77. The maximum atomic E-state index is 3.48. The molecule has 15 heavy (non-hydrogen) atoms. The highest BCUT2D eigenvalue weighted by Gasteiger charge is 2.28. The van der Waals surface area contributed by atoms with Crippen molar-refractivity contribution in [3.63, 3.8) is 0 Å². The highest BCUT2D eigenvalue weighted by atomic mass is 79.9. The molecule has 1 aliphatic rings. The minimum absolute atomic E-state index is 0. The Kier molecular flexibility index (Phi) is 4.63. The summed E-state index contributed by atoms with van der Waals surface area (Å²) < 4.78 is 1.16. The molecule has 0 radical (unpaired) electrons. The lowest BCUT2D eigenvalue weighted by Crippen LogP contribution is -2.41. The molecule has 1 atom stereocenters. The van der Waals surface area contributed by atoms with Gasteiger partial charge in [-0.05, 0) is 37.1 Å². The van der Waals surface area contributed by atoms with Gasteiger partial charge in [0.05, 0.1) is 0 Å². The lowest BCUT2D eigenvalue weighted by molar-refractivity contribution is 0.339. The van der Waals surface area contributed by atoms with Crippen LogP contribution in [-0.2, 0) is 5.41 Å². The molecule has 1 N–H and O–H groups in total. The van der Waals surface area contributed by atoms with Crippen molar-refractivity contribution in [1.82, 2.24) is 5.32 Å². The van der Waals surface area contributed by atoms with E-state index in [0.717, 1.165) is 11.0 Å². The van der Waals surface area contributed by atoms with Gasteiger partial charge in [-0.15, -0.1) is 12.4 Å². The van der Waals surface area contributed by atoms with Crippen LogP contribution in [0.15, 0.2) is 28.7 Å². The van der Waals surface area contributed by atoms with Gasteiger partial charge in [0, 0.05) is 16.4 Å². The van der Waals surface area contributed by atoms with E-state index in [9.17, 15) is 0 Å². The third-order valence-electron chi connectivity index (χ3n) is 3.14. The first-order chi connectivity index (χ1) is 6.71. The highest BCUT2D eigenvalue weighted by Crippen LogP contribution is 2.31. The Labute approximate surface area is 106 Å². The normalized spacial score (nSPS) is 25.7. The smallest absolute Gasteiger partial charge is 0.0175 e. The SMILES string of the molecule is CC1(c2ccc(Br)cc2)CCCNC1.Cl. The van der Waals surface area contributed by atoms with Crippen molar-refractivity contribution in [3.8, 4) is 0 Å². The summed E-state index contributed by atoms with van der Waals surface area (Å²) in [7, 11) is 0. The van der Waals surface area contributed by atoms with Crippen molar-refractivity contribution in [2.45, 2.75) is 25.2 Å². The summed E-state index contributed by atoms with van der Waals surface area (Å²) >= 11 is 3.47. The highest BCUT2D eigenvalue weighted by molar-refractivity contribution is 9.10.